The molecule has 0 atom stereocenters. The second kappa shape index (κ2) is 5.69. The molecule has 0 bridgehead atoms. The van der Waals surface area contributed by atoms with Gasteiger partial charge in [0.05, 0.1) is 23.8 Å². The minimum absolute atomic E-state index is 0.0573. The lowest BCUT2D eigenvalue weighted by atomic mass is 10.1. The highest BCUT2D eigenvalue weighted by Gasteiger charge is 2.07. The van der Waals surface area contributed by atoms with Crippen LogP contribution in [0.4, 0.5) is 0 Å². The monoisotopic (exact) mass is 275 g/mol. The van der Waals surface area contributed by atoms with Crippen molar-refractivity contribution in [1.29, 1.82) is 0 Å². The Morgan fingerprint density at radius 3 is 2.65 bits per heavy atom. The van der Waals surface area contributed by atoms with Gasteiger partial charge in [0.25, 0.3) is 0 Å². The number of H-pyrrole nitrogens is 1. The summed E-state index contributed by atoms with van der Waals surface area (Å²) in [6.07, 6.45) is 1.74. The van der Waals surface area contributed by atoms with E-state index in [1.165, 1.54) is 0 Å². The smallest absolute Gasteiger partial charge is 0.365 e. The molecule has 5 heteroatoms. The van der Waals surface area contributed by atoms with Crippen LogP contribution in [0.5, 0.6) is 11.5 Å². The fourth-order valence-electron chi connectivity index (χ4n) is 1.78. The summed E-state index contributed by atoms with van der Waals surface area (Å²) in [4.78, 5) is 11.5. The van der Waals surface area contributed by atoms with Crippen LogP contribution in [0.15, 0.2) is 27.5 Å². The standard InChI is InChI=1S/C15H17NO4/c1-9(2)19-13-6-5-11(8-14(13)18-4)7-12-10(3)16-20-15(12)17/h5-9,16H,3H2,1-2,4H3/b12-7+. The van der Waals surface area contributed by atoms with Crippen molar-refractivity contribution >= 4 is 12.7 Å². The van der Waals surface area contributed by atoms with Gasteiger partial charge in [-0.25, -0.2) is 9.95 Å². The topological polar surface area (TPSA) is 64.5 Å². The summed E-state index contributed by atoms with van der Waals surface area (Å²) in [6, 6.07) is 5.44. The Morgan fingerprint density at radius 2 is 2.10 bits per heavy atom. The normalized spacial score (nSPS) is 11.9. The van der Waals surface area contributed by atoms with Crippen molar-refractivity contribution in [1.82, 2.24) is 5.16 Å². The Hall–Kier alpha value is -2.43. The zero-order valence-electron chi connectivity index (χ0n) is 11.7. The number of benzene rings is 1. The van der Waals surface area contributed by atoms with Crippen molar-refractivity contribution in [3.05, 3.63) is 44.8 Å². The molecule has 5 nitrogen and oxygen atoms in total. The zero-order valence-corrected chi connectivity index (χ0v) is 11.7. The van der Waals surface area contributed by atoms with Crippen molar-refractivity contribution in [2.45, 2.75) is 20.0 Å². The van der Waals surface area contributed by atoms with Crippen LogP contribution in [0.2, 0.25) is 0 Å². The molecular formula is C15H17NO4. The van der Waals surface area contributed by atoms with Gasteiger partial charge in [-0.1, -0.05) is 12.6 Å². The Kier molecular flexibility index (Phi) is 3.98. The highest BCUT2D eigenvalue weighted by molar-refractivity contribution is 5.55. The Labute approximate surface area is 116 Å². The molecule has 1 aromatic carbocycles. The first-order valence-corrected chi connectivity index (χ1v) is 6.24. The van der Waals surface area contributed by atoms with E-state index in [9.17, 15) is 4.79 Å². The number of hydrogen-bond acceptors (Lipinski definition) is 4. The number of aromatic amines is 1. The van der Waals surface area contributed by atoms with E-state index in [0.29, 0.717) is 22.1 Å². The lowest BCUT2D eigenvalue weighted by Crippen LogP contribution is -2.31. The van der Waals surface area contributed by atoms with E-state index >= 15 is 0 Å². The summed E-state index contributed by atoms with van der Waals surface area (Å²) in [5.74, 6) is 1.27. The highest BCUT2D eigenvalue weighted by atomic mass is 16.5. The first-order chi connectivity index (χ1) is 9.51. The van der Waals surface area contributed by atoms with Gasteiger partial charge in [0.15, 0.2) is 11.5 Å². The van der Waals surface area contributed by atoms with Crippen LogP contribution in [0.1, 0.15) is 19.4 Å². The van der Waals surface area contributed by atoms with Gasteiger partial charge in [-0.2, -0.15) is 0 Å². The van der Waals surface area contributed by atoms with E-state index in [4.69, 9.17) is 9.47 Å². The van der Waals surface area contributed by atoms with Crippen LogP contribution in [-0.4, -0.2) is 18.4 Å². The number of nitrogens with one attached hydrogen (secondary N) is 1. The number of hydrogen-bond donors (Lipinski definition) is 1. The van der Waals surface area contributed by atoms with E-state index in [-0.39, 0.29) is 6.10 Å². The lowest BCUT2D eigenvalue weighted by Gasteiger charge is -2.13. The average Bonchev–Trinajstić information content (AvgIpc) is 2.71. The molecule has 0 fully saturated rings. The average molecular weight is 275 g/mol. The van der Waals surface area contributed by atoms with E-state index in [2.05, 4.69) is 16.3 Å². The molecule has 0 spiro atoms. The Balaban J connectivity index is 2.48. The summed E-state index contributed by atoms with van der Waals surface area (Å²) in [5, 5.41) is 3.27. The largest absolute Gasteiger partial charge is 0.493 e. The molecule has 0 amide bonds. The van der Waals surface area contributed by atoms with Crippen molar-refractivity contribution < 1.29 is 14.0 Å². The van der Waals surface area contributed by atoms with Gasteiger partial charge in [-0.3, -0.25) is 0 Å². The minimum atomic E-state index is -0.448. The van der Waals surface area contributed by atoms with Crippen LogP contribution in [-0.2, 0) is 0 Å². The SMILES string of the molecule is C=c1[nH]oc(=O)/c1=C/c1ccc(OC(C)C)c(OC)c1. The number of ether oxygens (including phenoxy) is 2. The minimum Gasteiger partial charge on any atom is -0.493 e. The summed E-state index contributed by atoms with van der Waals surface area (Å²) in [7, 11) is 1.57. The molecule has 1 aromatic heterocycles. The number of aromatic nitrogens is 1. The van der Waals surface area contributed by atoms with Crippen molar-refractivity contribution in [2.24, 2.45) is 0 Å². The van der Waals surface area contributed by atoms with Crippen LogP contribution in [0.3, 0.4) is 0 Å². The van der Waals surface area contributed by atoms with Gasteiger partial charge >= 0.3 is 5.63 Å². The predicted octanol–water partition coefficient (Wildman–Crippen LogP) is 1.00. The van der Waals surface area contributed by atoms with E-state index < -0.39 is 5.63 Å². The summed E-state index contributed by atoms with van der Waals surface area (Å²) < 4.78 is 15.6. The van der Waals surface area contributed by atoms with Crippen molar-refractivity contribution in [2.75, 3.05) is 7.11 Å². The molecule has 0 aliphatic carbocycles. The highest BCUT2D eigenvalue weighted by Crippen LogP contribution is 2.29. The van der Waals surface area contributed by atoms with Gasteiger partial charge in [0.1, 0.15) is 0 Å². The molecule has 0 unspecified atom stereocenters. The van der Waals surface area contributed by atoms with Crippen molar-refractivity contribution in [3.63, 3.8) is 0 Å². The van der Waals surface area contributed by atoms with Gasteiger partial charge in [0, 0.05) is 0 Å². The predicted molar refractivity (Wildman–Crippen MR) is 76.4 cm³/mol. The van der Waals surface area contributed by atoms with Crippen LogP contribution in [0, 0.1) is 0 Å². The summed E-state index contributed by atoms with van der Waals surface area (Å²) in [6.45, 7) is 7.59. The third-order valence-corrected chi connectivity index (χ3v) is 2.67. The third-order valence-electron chi connectivity index (χ3n) is 2.67. The molecule has 1 N–H and O–H groups in total. The Morgan fingerprint density at radius 1 is 1.35 bits per heavy atom. The lowest BCUT2D eigenvalue weighted by molar-refractivity contribution is 0.230. The summed E-state index contributed by atoms with van der Waals surface area (Å²) >= 11 is 0. The molecular weight excluding hydrogens is 258 g/mol. The molecule has 0 saturated carbocycles. The first-order valence-electron chi connectivity index (χ1n) is 6.24. The van der Waals surface area contributed by atoms with Gasteiger partial charge < -0.3 is 14.0 Å². The number of methoxy groups -OCH3 is 1. The molecule has 2 aromatic rings. The first kappa shape index (κ1) is 14.0. The van der Waals surface area contributed by atoms with Gasteiger partial charge in [-0.05, 0) is 37.6 Å². The van der Waals surface area contributed by atoms with Gasteiger partial charge in [0.2, 0.25) is 0 Å². The van der Waals surface area contributed by atoms with Gasteiger partial charge in [-0.15, -0.1) is 0 Å². The maximum absolute atomic E-state index is 11.5. The van der Waals surface area contributed by atoms with E-state index in [1.54, 1.807) is 19.3 Å². The van der Waals surface area contributed by atoms with Crippen molar-refractivity contribution in [3.8, 4) is 11.5 Å². The molecule has 2 rings (SSSR count). The maximum atomic E-state index is 11.5. The molecule has 1 heterocycles. The maximum Gasteiger partial charge on any atom is 0.365 e. The Bertz CT molecular complexity index is 724. The van der Waals surface area contributed by atoms with Crippen LogP contribution < -0.4 is 25.7 Å². The molecule has 0 saturated heterocycles. The quantitative estimate of drug-likeness (QED) is 0.904. The fraction of sp³-hybridized carbons (Fsp3) is 0.267. The second-order valence-electron chi connectivity index (χ2n) is 4.61. The van der Waals surface area contributed by atoms with E-state index in [0.717, 1.165) is 5.56 Å². The fourth-order valence-corrected chi connectivity index (χ4v) is 1.78. The third kappa shape index (κ3) is 2.93. The summed E-state index contributed by atoms with van der Waals surface area (Å²) in [5.41, 5.74) is 0.353. The zero-order chi connectivity index (χ0) is 14.7. The molecule has 106 valence electrons. The van der Waals surface area contributed by atoms with Crippen LogP contribution >= 0.6 is 0 Å². The van der Waals surface area contributed by atoms with Crippen LogP contribution in [0.25, 0.3) is 12.7 Å². The molecule has 0 radical (unpaired) electrons. The number of rotatable bonds is 4. The van der Waals surface area contributed by atoms with E-state index in [1.807, 2.05) is 26.0 Å². The molecule has 20 heavy (non-hydrogen) atoms. The molecule has 0 aliphatic heterocycles. The molecule has 0 aliphatic rings. The second-order valence-corrected chi connectivity index (χ2v) is 4.61.